The van der Waals surface area contributed by atoms with Gasteiger partial charge in [-0.15, -0.1) is 0 Å². The summed E-state index contributed by atoms with van der Waals surface area (Å²) in [5.41, 5.74) is 6.15. The van der Waals surface area contributed by atoms with Crippen LogP contribution >= 0.6 is 12.2 Å². The molecule has 0 amide bonds. The molecule has 5 nitrogen and oxygen atoms in total. The van der Waals surface area contributed by atoms with E-state index in [1.165, 1.54) is 0 Å². The van der Waals surface area contributed by atoms with Crippen molar-refractivity contribution in [2.45, 2.75) is 30.8 Å². The number of rotatable bonds is 3. The maximum absolute atomic E-state index is 12.8. The summed E-state index contributed by atoms with van der Waals surface area (Å²) in [5.74, 6) is 0. The van der Waals surface area contributed by atoms with Crippen LogP contribution in [0.4, 0.5) is 0 Å². The summed E-state index contributed by atoms with van der Waals surface area (Å²) >= 11 is 4.92. The molecule has 1 aromatic carbocycles. The molecule has 21 heavy (non-hydrogen) atoms. The number of hydrogen-bond donors (Lipinski definition) is 1. The Labute approximate surface area is 131 Å². The van der Waals surface area contributed by atoms with Crippen LogP contribution in [0, 0.1) is 0 Å². The van der Waals surface area contributed by atoms with Crippen LogP contribution in [0.1, 0.15) is 19.4 Å². The first-order valence-electron chi connectivity index (χ1n) is 6.85. The van der Waals surface area contributed by atoms with E-state index >= 15 is 0 Å². The first kappa shape index (κ1) is 16.4. The molecule has 1 aliphatic rings. The van der Waals surface area contributed by atoms with Gasteiger partial charge in [-0.2, -0.15) is 4.31 Å². The van der Waals surface area contributed by atoms with E-state index in [0.717, 1.165) is 0 Å². The highest BCUT2D eigenvalue weighted by Crippen LogP contribution is 2.22. The zero-order valence-corrected chi connectivity index (χ0v) is 14.1. The van der Waals surface area contributed by atoms with Crippen LogP contribution in [0.25, 0.3) is 0 Å². The molecule has 1 fully saturated rings. The maximum atomic E-state index is 12.8. The molecule has 0 radical (unpaired) electrons. The number of hydrogen-bond acceptors (Lipinski definition) is 4. The van der Waals surface area contributed by atoms with Crippen LogP contribution < -0.4 is 5.73 Å². The molecule has 2 atom stereocenters. The van der Waals surface area contributed by atoms with Crippen molar-refractivity contribution in [2.75, 3.05) is 20.1 Å². The monoisotopic (exact) mass is 327 g/mol. The minimum absolute atomic E-state index is 0.183. The lowest BCUT2D eigenvalue weighted by molar-refractivity contribution is 0.105. The second-order valence-corrected chi connectivity index (χ2v) is 7.96. The number of sulfonamides is 1. The van der Waals surface area contributed by atoms with Crippen molar-refractivity contribution in [2.24, 2.45) is 5.73 Å². The van der Waals surface area contributed by atoms with E-state index in [1.54, 1.807) is 28.6 Å². The topological polar surface area (TPSA) is 66.6 Å². The van der Waals surface area contributed by atoms with E-state index in [4.69, 9.17) is 18.0 Å². The van der Waals surface area contributed by atoms with Gasteiger partial charge >= 0.3 is 0 Å². The highest BCUT2D eigenvalue weighted by atomic mass is 32.2. The summed E-state index contributed by atoms with van der Waals surface area (Å²) in [5, 5.41) is 0. The molecule has 116 valence electrons. The molecule has 0 aromatic heterocycles. The third-order valence-corrected chi connectivity index (χ3v) is 6.15. The molecular weight excluding hydrogens is 306 g/mol. The predicted molar refractivity (Wildman–Crippen MR) is 87.8 cm³/mol. The fourth-order valence-corrected chi connectivity index (χ4v) is 4.29. The smallest absolute Gasteiger partial charge is 0.243 e. The second-order valence-electron chi connectivity index (χ2n) is 5.58. The molecule has 1 heterocycles. The van der Waals surface area contributed by atoms with Gasteiger partial charge in [-0.1, -0.05) is 24.4 Å². The standard InChI is InChI=1S/C14H21N3O2S2/c1-10-8-17(9-11(2)16(10)3)21(18,19)13-6-4-5-12(7-13)14(15)20/h4-7,10-11H,8-9H2,1-3H3,(H2,15,20). The van der Waals surface area contributed by atoms with Gasteiger partial charge < -0.3 is 5.73 Å². The van der Waals surface area contributed by atoms with E-state index < -0.39 is 10.0 Å². The van der Waals surface area contributed by atoms with Crippen LogP contribution in [-0.2, 0) is 10.0 Å². The number of thiocarbonyl (C=S) groups is 1. The second kappa shape index (κ2) is 6.00. The molecule has 1 saturated heterocycles. The van der Waals surface area contributed by atoms with Crippen molar-refractivity contribution in [3.8, 4) is 0 Å². The molecule has 2 unspecified atom stereocenters. The number of likely N-dealkylation sites (N-methyl/N-ethyl adjacent to an activating group) is 1. The van der Waals surface area contributed by atoms with Gasteiger partial charge in [-0.3, -0.25) is 4.90 Å². The van der Waals surface area contributed by atoms with Gasteiger partial charge in [0.2, 0.25) is 10.0 Å². The Hall–Kier alpha value is -1.02. The van der Waals surface area contributed by atoms with Crippen LogP contribution in [0.5, 0.6) is 0 Å². The predicted octanol–water partition coefficient (Wildman–Crippen LogP) is 1.03. The highest BCUT2D eigenvalue weighted by Gasteiger charge is 2.34. The Morgan fingerprint density at radius 3 is 2.38 bits per heavy atom. The Kier molecular flexibility index (Phi) is 4.67. The van der Waals surface area contributed by atoms with Gasteiger partial charge in [0.05, 0.1) is 4.90 Å². The Bertz CT molecular complexity index is 633. The lowest BCUT2D eigenvalue weighted by atomic mass is 10.1. The first-order valence-corrected chi connectivity index (χ1v) is 8.70. The summed E-state index contributed by atoms with van der Waals surface area (Å²) in [7, 11) is -1.50. The minimum atomic E-state index is -3.52. The highest BCUT2D eigenvalue weighted by molar-refractivity contribution is 7.89. The van der Waals surface area contributed by atoms with Crippen molar-refractivity contribution in [3.05, 3.63) is 29.8 Å². The third kappa shape index (κ3) is 3.26. The Balaban J connectivity index is 2.34. The van der Waals surface area contributed by atoms with Gasteiger partial charge in [0.1, 0.15) is 4.99 Å². The van der Waals surface area contributed by atoms with Gasteiger partial charge in [0.25, 0.3) is 0 Å². The fourth-order valence-electron chi connectivity index (χ4n) is 2.51. The van der Waals surface area contributed by atoms with E-state index in [0.29, 0.717) is 18.7 Å². The van der Waals surface area contributed by atoms with Crippen molar-refractivity contribution in [3.63, 3.8) is 0 Å². The zero-order chi connectivity index (χ0) is 15.8. The quantitative estimate of drug-likeness (QED) is 0.840. The first-order chi connectivity index (χ1) is 9.73. The van der Waals surface area contributed by atoms with E-state index in [9.17, 15) is 8.42 Å². The van der Waals surface area contributed by atoms with Crippen molar-refractivity contribution in [1.82, 2.24) is 9.21 Å². The number of nitrogens with zero attached hydrogens (tertiary/aromatic N) is 2. The summed E-state index contributed by atoms with van der Waals surface area (Å²) in [4.78, 5) is 2.64. The van der Waals surface area contributed by atoms with Gasteiger partial charge in [-0.25, -0.2) is 8.42 Å². The van der Waals surface area contributed by atoms with Crippen LogP contribution in [-0.4, -0.2) is 54.8 Å². The Morgan fingerprint density at radius 1 is 1.29 bits per heavy atom. The summed E-state index contributed by atoms with van der Waals surface area (Å²) < 4.78 is 27.1. The lowest BCUT2D eigenvalue weighted by Gasteiger charge is -2.41. The summed E-state index contributed by atoms with van der Waals surface area (Å²) in [6.45, 7) is 5.04. The maximum Gasteiger partial charge on any atom is 0.243 e. The van der Waals surface area contributed by atoms with E-state index in [-0.39, 0.29) is 22.0 Å². The van der Waals surface area contributed by atoms with Gasteiger partial charge in [0.15, 0.2) is 0 Å². The number of piperazine rings is 1. The molecule has 0 saturated carbocycles. The number of benzene rings is 1. The van der Waals surface area contributed by atoms with Crippen molar-refractivity contribution < 1.29 is 8.42 Å². The average molecular weight is 327 g/mol. The minimum Gasteiger partial charge on any atom is -0.389 e. The van der Waals surface area contributed by atoms with Crippen molar-refractivity contribution >= 4 is 27.2 Å². The number of nitrogens with two attached hydrogens (primary N) is 1. The molecule has 0 aliphatic carbocycles. The average Bonchev–Trinajstić information content (AvgIpc) is 2.44. The van der Waals surface area contributed by atoms with E-state index in [1.807, 2.05) is 20.9 Å². The largest absolute Gasteiger partial charge is 0.389 e. The van der Waals surface area contributed by atoms with Crippen LogP contribution in [0.15, 0.2) is 29.2 Å². The van der Waals surface area contributed by atoms with Crippen LogP contribution in [0.3, 0.4) is 0 Å². The molecular formula is C14H21N3O2S2. The molecule has 7 heteroatoms. The molecule has 2 rings (SSSR count). The third-order valence-electron chi connectivity index (χ3n) is 4.08. The van der Waals surface area contributed by atoms with Crippen LogP contribution in [0.2, 0.25) is 0 Å². The zero-order valence-electron chi connectivity index (χ0n) is 12.5. The normalized spacial score (nSPS) is 24.9. The van der Waals surface area contributed by atoms with Gasteiger partial charge in [0, 0.05) is 30.7 Å². The van der Waals surface area contributed by atoms with E-state index in [2.05, 4.69) is 4.90 Å². The Morgan fingerprint density at radius 2 is 1.86 bits per heavy atom. The molecule has 1 aromatic rings. The SMILES string of the molecule is CC1CN(S(=O)(=O)c2cccc(C(N)=S)c2)CC(C)N1C. The lowest BCUT2D eigenvalue weighted by Crippen LogP contribution is -2.56. The fraction of sp³-hybridized carbons (Fsp3) is 0.500. The summed E-state index contributed by atoms with van der Waals surface area (Å²) in [6.07, 6.45) is 0. The van der Waals surface area contributed by atoms with Gasteiger partial charge in [-0.05, 0) is 33.0 Å². The molecule has 2 N–H and O–H groups in total. The molecule has 1 aliphatic heterocycles. The molecule has 0 bridgehead atoms. The summed E-state index contributed by atoms with van der Waals surface area (Å²) in [6, 6.07) is 6.89. The molecule has 0 spiro atoms. The van der Waals surface area contributed by atoms with Crippen molar-refractivity contribution in [1.29, 1.82) is 0 Å².